The molecule has 20 heavy (non-hydrogen) atoms. The number of nitrogens with zero attached hydrogens (tertiary/aromatic N) is 1. The second-order valence-electron chi connectivity index (χ2n) is 3.75. The van der Waals surface area contributed by atoms with Crippen molar-refractivity contribution in [2.75, 3.05) is 18.5 Å². The summed E-state index contributed by atoms with van der Waals surface area (Å²) in [6, 6.07) is 4.86. The summed E-state index contributed by atoms with van der Waals surface area (Å²) in [6.45, 7) is 4.01. The van der Waals surface area contributed by atoms with Gasteiger partial charge in [0.05, 0.1) is 24.4 Å². The fourth-order valence-corrected chi connectivity index (χ4v) is 1.67. The molecule has 0 aliphatic rings. The molecule has 7 nitrogen and oxygen atoms in total. The first kappa shape index (κ1) is 13.9. The van der Waals surface area contributed by atoms with E-state index < -0.39 is 11.7 Å². The van der Waals surface area contributed by atoms with Crippen molar-refractivity contribution in [2.45, 2.75) is 13.8 Å². The van der Waals surface area contributed by atoms with Crippen LogP contribution in [0, 0.1) is 0 Å². The Balaban J connectivity index is 2.47. The second-order valence-corrected chi connectivity index (χ2v) is 3.75. The summed E-state index contributed by atoms with van der Waals surface area (Å²) < 4.78 is 14.8. The van der Waals surface area contributed by atoms with Crippen molar-refractivity contribution in [3.63, 3.8) is 0 Å². The van der Waals surface area contributed by atoms with Crippen molar-refractivity contribution < 1.29 is 18.7 Å². The third-order valence-electron chi connectivity index (χ3n) is 2.42. The minimum absolute atomic E-state index is 0.0988. The van der Waals surface area contributed by atoms with Crippen LogP contribution in [0.2, 0.25) is 0 Å². The molecule has 1 N–H and O–H groups in total. The van der Waals surface area contributed by atoms with Crippen molar-refractivity contribution in [3.05, 3.63) is 28.6 Å². The van der Waals surface area contributed by atoms with E-state index in [0.29, 0.717) is 12.1 Å². The minimum Gasteiger partial charge on any atom is -0.450 e. The Morgan fingerprint density at radius 2 is 2.15 bits per heavy atom. The molecule has 1 aromatic carbocycles. The molecule has 2 aromatic rings. The zero-order valence-corrected chi connectivity index (χ0v) is 11.1. The highest BCUT2D eigenvalue weighted by Gasteiger charge is 2.13. The van der Waals surface area contributed by atoms with Crippen LogP contribution >= 0.6 is 0 Å². The molecule has 0 fully saturated rings. The molecule has 0 spiro atoms. The van der Waals surface area contributed by atoms with Gasteiger partial charge in [0.1, 0.15) is 5.39 Å². The number of anilines is 1. The van der Waals surface area contributed by atoms with Crippen LogP contribution in [-0.2, 0) is 4.74 Å². The third kappa shape index (κ3) is 2.87. The summed E-state index contributed by atoms with van der Waals surface area (Å²) in [5, 5.41) is 2.65. The lowest BCUT2D eigenvalue weighted by molar-refractivity contribution is 0.168. The first-order valence-electron chi connectivity index (χ1n) is 6.16. The number of carbonyl (C=O) groups is 1. The van der Waals surface area contributed by atoms with E-state index in [1.54, 1.807) is 32.0 Å². The van der Waals surface area contributed by atoms with Crippen molar-refractivity contribution in [2.24, 2.45) is 0 Å². The standard InChI is InChI=1S/C13H14N2O5/c1-3-18-12(17)14-8-6-5-7-9-10(8)11(16)20-13(15-9)19-4-2/h5-7H,3-4H2,1-2H3,(H,14,17). The number of benzene rings is 1. The van der Waals surface area contributed by atoms with Gasteiger partial charge in [-0.15, -0.1) is 0 Å². The van der Waals surface area contributed by atoms with Crippen LogP contribution in [0.5, 0.6) is 6.08 Å². The quantitative estimate of drug-likeness (QED) is 0.921. The van der Waals surface area contributed by atoms with Gasteiger partial charge in [-0.05, 0) is 26.0 Å². The predicted molar refractivity (Wildman–Crippen MR) is 72.1 cm³/mol. The average molecular weight is 278 g/mol. The molecule has 106 valence electrons. The van der Waals surface area contributed by atoms with Crippen LogP contribution in [0.25, 0.3) is 10.9 Å². The van der Waals surface area contributed by atoms with E-state index in [1.807, 2.05) is 0 Å². The second kappa shape index (κ2) is 6.05. The van der Waals surface area contributed by atoms with Gasteiger partial charge in [0, 0.05) is 0 Å². The number of rotatable bonds is 4. The number of hydrogen-bond donors (Lipinski definition) is 1. The van der Waals surface area contributed by atoms with Crippen LogP contribution in [0.15, 0.2) is 27.4 Å². The summed E-state index contributed by atoms with van der Waals surface area (Å²) in [4.78, 5) is 27.4. The molecule has 0 atom stereocenters. The molecule has 0 unspecified atom stereocenters. The normalized spacial score (nSPS) is 10.3. The Bertz CT molecular complexity index is 680. The van der Waals surface area contributed by atoms with E-state index >= 15 is 0 Å². The van der Waals surface area contributed by atoms with Crippen LogP contribution in [-0.4, -0.2) is 24.3 Å². The molecule has 7 heteroatoms. The van der Waals surface area contributed by atoms with Crippen molar-refractivity contribution in [3.8, 4) is 6.08 Å². The van der Waals surface area contributed by atoms with Gasteiger partial charge in [-0.25, -0.2) is 9.59 Å². The number of amides is 1. The molecule has 0 aliphatic carbocycles. The highest BCUT2D eigenvalue weighted by atomic mass is 16.6. The molecule has 0 saturated carbocycles. The zero-order valence-electron chi connectivity index (χ0n) is 11.1. The van der Waals surface area contributed by atoms with Crippen LogP contribution in [0.3, 0.4) is 0 Å². The highest BCUT2D eigenvalue weighted by molar-refractivity contribution is 5.98. The molecular weight excluding hydrogens is 264 g/mol. The fourth-order valence-electron chi connectivity index (χ4n) is 1.67. The molecule has 2 rings (SSSR count). The molecule has 1 heterocycles. The minimum atomic E-state index is -0.645. The Morgan fingerprint density at radius 3 is 2.85 bits per heavy atom. The van der Waals surface area contributed by atoms with Gasteiger partial charge in [0.15, 0.2) is 0 Å². The maximum absolute atomic E-state index is 12.0. The monoisotopic (exact) mass is 278 g/mol. The number of ether oxygens (including phenoxy) is 2. The lowest BCUT2D eigenvalue weighted by atomic mass is 10.2. The lowest BCUT2D eigenvalue weighted by Crippen LogP contribution is -2.15. The Labute approximate surface area is 114 Å². The van der Waals surface area contributed by atoms with Crippen LogP contribution < -0.4 is 15.7 Å². The highest BCUT2D eigenvalue weighted by Crippen LogP contribution is 2.20. The van der Waals surface area contributed by atoms with E-state index in [-0.39, 0.29) is 23.8 Å². The Morgan fingerprint density at radius 1 is 1.35 bits per heavy atom. The molecule has 0 radical (unpaired) electrons. The first-order chi connectivity index (χ1) is 9.65. The van der Waals surface area contributed by atoms with Crippen LogP contribution in [0.1, 0.15) is 13.8 Å². The third-order valence-corrected chi connectivity index (χ3v) is 2.42. The maximum Gasteiger partial charge on any atom is 0.411 e. The number of aromatic nitrogens is 1. The summed E-state index contributed by atoms with van der Waals surface area (Å²) in [5.74, 6) is 0. The van der Waals surface area contributed by atoms with E-state index in [1.165, 1.54) is 0 Å². The molecule has 0 saturated heterocycles. The number of nitrogens with one attached hydrogen (secondary N) is 1. The summed E-state index contributed by atoms with van der Waals surface area (Å²) >= 11 is 0. The van der Waals surface area contributed by atoms with E-state index in [2.05, 4.69) is 10.3 Å². The largest absolute Gasteiger partial charge is 0.450 e. The first-order valence-corrected chi connectivity index (χ1v) is 6.16. The summed E-state index contributed by atoms with van der Waals surface area (Å²) in [6.07, 6.45) is -0.744. The SMILES string of the molecule is CCOC(=O)Nc1cccc2nc(OCC)oc(=O)c12. The van der Waals surface area contributed by atoms with Gasteiger partial charge in [-0.1, -0.05) is 6.07 Å². The zero-order chi connectivity index (χ0) is 14.5. The number of fused-ring (bicyclic) bond motifs is 1. The van der Waals surface area contributed by atoms with Gasteiger partial charge in [-0.2, -0.15) is 4.98 Å². The Kier molecular flexibility index (Phi) is 4.19. The fraction of sp³-hybridized carbons (Fsp3) is 0.308. The van der Waals surface area contributed by atoms with Gasteiger partial charge < -0.3 is 13.9 Å². The van der Waals surface area contributed by atoms with Crippen molar-refractivity contribution >= 4 is 22.7 Å². The topological polar surface area (TPSA) is 90.7 Å². The van der Waals surface area contributed by atoms with Gasteiger partial charge >= 0.3 is 17.8 Å². The Hall–Kier alpha value is -2.57. The van der Waals surface area contributed by atoms with Crippen LogP contribution in [0.4, 0.5) is 10.5 Å². The molecule has 0 aliphatic heterocycles. The molecular formula is C13H14N2O5. The average Bonchev–Trinajstić information content (AvgIpc) is 2.39. The van der Waals surface area contributed by atoms with E-state index in [0.717, 1.165) is 0 Å². The van der Waals surface area contributed by atoms with E-state index in [4.69, 9.17) is 13.9 Å². The molecule has 0 bridgehead atoms. The van der Waals surface area contributed by atoms with Crippen molar-refractivity contribution in [1.29, 1.82) is 0 Å². The summed E-state index contributed by atoms with van der Waals surface area (Å²) in [7, 11) is 0. The smallest absolute Gasteiger partial charge is 0.411 e. The van der Waals surface area contributed by atoms with Gasteiger partial charge in [-0.3, -0.25) is 5.32 Å². The molecule has 1 aromatic heterocycles. The number of hydrogen-bond acceptors (Lipinski definition) is 6. The lowest BCUT2D eigenvalue weighted by Gasteiger charge is -2.07. The van der Waals surface area contributed by atoms with Gasteiger partial charge in [0.2, 0.25) is 0 Å². The summed E-state index contributed by atoms with van der Waals surface area (Å²) in [5.41, 5.74) is 0.0232. The maximum atomic E-state index is 12.0. The van der Waals surface area contributed by atoms with Crippen molar-refractivity contribution in [1.82, 2.24) is 4.98 Å². The van der Waals surface area contributed by atoms with E-state index in [9.17, 15) is 9.59 Å². The number of carbonyl (C=O) groups excluding carboxylic acids is 1. The molecule has 1 amide bonds. The predicted octanol–water partition coefficient (Wildman–Crippen LogP) is 2.16. The van der Waals surface area contributed by atoms with Gasteiger partial charge in [0.25, 0.3) is 0 Å².